The highest BCUT2D eigenvalue weighted by Gasteiger charge is 2.24. The van der Waals surface area contributed by atoms with Gasteiger partial charge in [0.15, 0.2) is 10.2 Å². The summed E-state index contributed by atoms with van der Waals surface area (Å²) in [6, 6.07) is 0. The quantitative estimate of drug-likeness (QED) is 0.241. The Balaban J connectivity index is -0.000000226. The number of rotatable bonds is 12. The maximum Gasteiger partial charge on any atom is 0.160 e. The maximum absolute atomic E-state index is 4.62. The molecule has 5 nitrogen and oxygen atoms in total. The van der Waals surface area contributed by atoms with E-state index in [1.165, 1.54) is 82.0 Å². The first-order valence-corrected chi connectivity index (χ1v) is 10.5. The normalized spacial score (nSPS) is 9.69. The second kappa shape index (κ2) is 24.8. The second-order valence-corrected chi connectivity index (χ2v) is 7.40. The van der Waals surface area contributed by atoms with E-state index in [4.69, 9.17) is 0 Å². The van der Waals surface area contributed by atoms with Crippen LogP contribution in [-0.4, -0.2) is 40.9 Å². The molecule has 0 spiro atoms. The molecule has 8 N–H and O–H groups in total. The van der Waals surface area contributed by atoms with Crippen molar-refractivity contribution in [2.75, 3.05) is 26.2 Å². The standard InChI is InChI=1S/C16H36N.2CH4N2S.BrH/c1-5-9-13-17(14-10-6-2,15-11-7-3)16-12-8-4;2*2-1(3)4;/h5-16H2,1-4H3;2*(H4,2,3,4);1H/q+1;;;/p-1. The zero-order valence-electron chi connectivity index (χ0n) is 17.4. The fourth-order valence-corrected chi connectivity index (χ4v) is 2.64. The van der Waals surface area contributed by atoms with Gasteiger partial charge in [-0.3, -0.25) is 0 Å². The highest BCUT2D eigenvalue weighted by molar-refractivity contribution is 7.80. The van der Waals surface area contributed by atoms with E-state index in [-0.39, 0.29) is 27.2 Å². The number of nitrogens with zero attached hydrogens (tertiary/aromatic N) is 1. The molecule has 0 aliphatic rings. The summed E-state index contributed by atoms with van der Waals surface area (Å²) in [5, 5.41) is 0.000000000000000444. The Labute approximate surface area is 184 Å². The summed E-state index contributed by atoms with van der Waals surface area (Å²) in [5.41, 5.74) is 18.5. The van der Waals surface area contributed by atoms with E-state index in [2.05, 4.69) is 75.1 Å². The van der Waals surface area contributed by atoms with Crippen LogP contribution < -0.4 is 39.9 Å². The van der Waals surface area contributed by atoms with Crippen LogP contribution in [0.2, 0.25) is 0 Å². The lowest BCUT2D eigenvalue weighted by molar-refractivity contribution is -0.929. The van der Waals surface area contributed by atoms with Crippen molar-refractivity contribution in [3.8, 4) is 0 Å². The van der Waals surface area contributed by atoms with Gasteiger partial charge in [0.1, 0.15) is 0 Å². The van der Waals surface area contributed by atoms with Crippen LogP contribution in [-0.2, 0) is 0 Å². The highest BCUT2D eigenvalue weighted by Crippen LogP contribution is 2.16. The van der Waals surface area contributed by atoms with Crippen molar-refractivity contribution in [1.29, 1.82) is 0 Å². The number of nitrogens with two attached hydrogens (primary N) is 4. The third kappa shape index (κ3) is 31.6. The lowest BCUT2D eigenvalue weighted by atomic mass is 10.1. The third-order valence-electron chi connectivity index (χ3n) is 3.94. The van der Waals surface area contributed by atoms with Crippen molar-refractivity contribution in [2.45, 2.75) is 79.1 Å². The van der Waals surface area contributed by atoms with E-state index in [0.29, 0.717) is 0 Å². The molecule has 0 aromatic rings. The molecule has 0 amide bonds. The van der Waals surface area contributed by atoms with Crippen molar-refractivity contribution in [3.05, 3.63) is 0 Å². The lowest BCUT2D eigenvalue weighted by Gasteiger charge is -2.39. The molecule has 0 fully saturated rings. The fraction of sp³-hybridized carbons (Fsp3) is 0.889. The predicted octanol–water partition coefficient (Wildman–Crippen LogP) is 0.385. The Hall–Kier alpha value is -0.180. The van der Waals surface area contributed by atoms with Crippen molar-refractivity contribution in [2.24, 2.45) is 22.9 Å². The molecule has 0 unspecified atom stereocenters. The van der Waals surface area contributed by atoms with Gasteiger partial charge in [-0.15, -0.1) is 0 Å². The molecule has 0 saturated carbocycles. The Morgan fingerprint density at radius 2 is 0.731 bits per heavy atom. The minimum atomic E-state index is 0. The van der Waals surface area contributed by atoms with Crippen molar-refractivity contribution in [3.63, 3.8) is 0 Å². The summed E-state index contributed by atoms with van der Waals surface area (Å²) in [6.45, 7) is 15.0. The first-order chi connectivity index (χ1) is 11.7. The van der Waals surface area contributed by atoms with Crippen molar-refractivity contribution >= 4 is 34.7 Å². The average molecular weight is 475 g/mol. The summed E-state index contributed by atoms with van der Waals surface area (Å²) >= 11 is 8.19. The Bertz CT molecular complexity index is 260. The van der Waals surface area contributed by atoms with Gasteiger partial charge >= 0.3 is 0 Å². The summed E-state index contributed by atoms with van der Waals surface area (Å²) in [4.78, 5) is 0. The number of thiocarbonyl (C=S) groups is 2. The van der Waals surface area contributed by atoms with Gasteiger partial charge in [0.25, 0.3) is 0 Å². The van der Waals surface area contributed by atoms with Crippen molar-refractivity contribution < 1.29 is 21.5 Å². The minimum Gasteiger partial charge on any atom is -1.00 e. The summed E-state index contributed by atoms with van der Waals surface area (Å²) in [6.07, 6.45) is 11.1. The molecule has 0 radical (unpaired) electrons. The first-order valence-electron chi connectivity index (χ1n) is 9.66. The molecule has 0 saturated heterocycles. The van der Waals surface area contributed by atoms with E-state index in [0.717, 1.165) is 0 Å². The molecule has 8 heteroatoms. The molecular formula is C18H44BrN5S2. The van der Waals surface area contributed by atoms with Crippen LogP contribution >= 0.6 is 24.4 Å². The Kier molecular flexibility index (Phi) is 31.9. The topological polar surface area (TPSA) is 104 Å². The largest absolute Gasteiger partial charge is 1.00 e. The van der Waals surface area contributed by atoms with Gasteiger partial charge in [0, 0.05) is 0 Å². The SMILES string of the molecule is CCCC[N+](CCCC)(CCCC)CCCC.NC(N)=S.NC(N)=S.[Br-]. The van der Waals surface area contributed by atoms with E-state index >= 15 is 0 Å². The van der Waals surface area contributed by atoms with Gasteiger partial charge in [-0.25, -0.2) is 0 Å². The van der Waals surface area contributed by atoms with Crippen molar-refractivity contribution in [1.82, 2.24) is 0 Å². The van der Waals surface area contributed by atoms with Gasteiger partial charge in [-0.05, 0) is 50.1 Å². The molecule has 0 aliphatic carbocycles. The van der Waals surface area contributed by atoms with E-state index in [1.807, 2.05) is 0 Å². The van der Waals surface area contributed by atoms with Crippen LogP contribution in [0.5, 0.6) is 0 Å². The Morgan fingerprint density at radius 1 is 0.577 bits per heavy atom. The van der Waals surface area contributed by atoms with Crippen LogP contribution in [0.3, 0.4) is 0 Å². The molecule has 0 aliphatic heterocycles. The van der Waals surface area contributed by atoms with Gasteiger partial charge < -0.3 is 44.4 Å². The molecule has 0 aromatic heterocycles. The number of halogens is 1. The lowest BCUT2D eigenvalue weighted by Crippen LogP contribution is -3.00. The first kappa shape index (κ1) is 33.4. The molecule has 0 aromatic carbocycles. The van der Waals surface area contributed by atoms with E-state index in [1.54, 1.807) is 0 Å². The van der Waals surface area contributed by atoms with Crippen LogP contribution in [0.1, 0.15) is 79.1 Å². The number of hydrogen-bond acceptors (Lipinski definition) is 2. The fourth-order valence-electron chi connectivity index (χ4n) is 2.64. The monoisotopic (exact) mass is 473 g/mol. The van der Waals surface area contributed by atoms with E-state index < -0.39 is 0 Å². The molecule has 0 heterocycles. The molecule has 0 atom stereocenters. The number of hydrogen-bond donors (Lipinski definition) is 4. The van der Waals surface area contributed by atoms with Gasteiger partial charge in [-0.1, -0.05) is 53.4 Å². The average Bonchev–Trinajstić information content (AvgIpc) is 2.52. The van der Waals surface area contributed by atoms with Gasteiger partial charge in [-0.2, -0.15) is 0 Å². The maximum atomic E-state index is 4.62. The van der Waals surface area contributed by atoms with Gasteiger partial charge in [0.2, 0.25) is 0 Å². The predicted molar refractivity (Wildman–Crippen MR) is 121 cm³/mol. The van der Waals surface area contributed by atoms with Crippen LogP contribution in [0.4, 0.5) is 0 Å². The molecule has 0 bridgehead atoms. The smallest absolute Gasteiger partial charge is 0.160 e. The second-order valence-electron chi connectivity index (χ2n) is 6.46. The third-order valence-corrected chi connectivity index (χ3v) is 3.94. The molecular weight excluding hydrogens is 430 g/mol. The zero-order valence-corrected chi connectivity index (χ0v) is 20.7. The van der Waals surface area contributed by atoms with E-state index in [9.17, 15) is 0 Å². The number of unbranched alkanes of at least 4 members (excludes halogenated alkanes) is 4. The Morgan fingerprint density at radius 3 is 0.846 bits per heavy atom. The zero-order chi connectivity index (χ0) is 20.1. The van der Waals surface area contributed by atoms with Crippen LogP contribution in [0, 0.1) is 0 Å². The molecule has 0 rings (SSSR count). The molecule has 26 heavy (non-hydrogen) atoms. The van der Waals surface area contributed by atoms with Gasteiger partial charge in [0.05, 0.1) is 26.2 Å². The van der Waals surface area contributed by atoms with Crippen LogP contribution in [0.15, 0.2) is 0 Å². The summed E-state index contributed by atoms with van der Waals surface area (Å²) < 4.78 is 1.42. The molecule has 160 valence electrons. The van der Waals surface area contributed by atoms with Crippen LogP contribution in [0.25, 0.3) is 0 Å². The number of quaternary nitrogens is 1. The summed E-state index contributed by atoms with van der Waals surface area (Å²) in [7, 11) is 0. The highest BCUT2D eigenvalue weighted by atomic mass is 79.9. The summed E-state index contributed by atoms with van der Waals surface area (Å²) in [5.74, 6) is 0. The minimum absolute atomic E-state index is 0.